The van der Waals surface area contributed by atoms with Gasteiger partial charge in [-0.3, -0.25) is 4.79 Å². The number of esters is 1. The molecule has 1 N–H and O–H groups in total. The molecule has 0 fully saturated rings. The zero-order valence-electron chi connectivity index (χ0n) is 13.7. The van der Waals surface area contributed by atoms with Crippen molar-refractivity contribution in [1.29, 1.82) is 0 Å². The van der Waals surface area contributed by atoms with Crippen LogP contribution in [0.5, 0.6) is 0 Å². The van der Waals surface area contributed by atoms with Crippen LogP contribution in [0.1, 0.15) is 36.3 Å². The van der Waals surface area contributed by atoms with Crippen LogP contribution < -0.4 is 5.32 Å². The summed E-state index contributed by atoms with van der Waals surface area (Å²) in [5, 5.41) is 7.04. The molecule has 2 rings (SSSR count). The van der Waals surface area contributed by atoms with E-state index in [0.717, 1.165) is 11.5 Å². The molecule has 1 heterocycles. The Bertz CT molecular complexity index is 736. The first kappa shape index (κ1) is 19.6. The lowest BCUT2D eigenvalue weighted by atomic mass is 9.99. The molecule has 0 saturated carbocycles. The predicted molar refractivity (Wildman–Crippen MR) is 96.9 cm³/mol. The van der Waals surface area contributed by atoms with E-state index in [0.29, 0.717) is 27.0 Å². The van der Waals surface area contributed by atoms with Crippen LogP contribution in [0.15, 0.2) is 24.3 Å². The minimum Gasteiger partial charge on any atom is -0.457 e. The maximum Gasteiger partial charge on any atom is 0.329 e. The molecule has 0 radical (unpaired) electrons. The Morgan fingerprint density at radius 2 is 1.96 bits per heavy atom. The Morgan fingerprint density at radius 3 is 2.52 bits per heavy atom. The van der Waals surface area contributed by atoms with E-state index < -0.39 is 12.0 Å². The van der Waals surface area contributed by atoms with Crippen molar-refractivity contribution in [2.24, 2.45) is 5.92 Å². The van der Waals surface area contributed by atoms with Gasteiger partial charge in [0, 0.05) is 22.1 Å². The number of aromatic nitrogens is 2. The van der Waals surface area contributed by atoms with Crippen LogP contribution in [0.3, 0.4) is 0 Å². The van der Waals surface area contributed by atoms with E-state index in [1.165, 1.54) is 0 Å². The summed E-state index contributed by atoms with van der Waals surface area (Å²) in [6, 6.07) is 5.64. The van der Waals surface area contributed by atoms with Gasteiger partial charge in [-0.25, -0.2) is 4.79 Å². The van der Waals surface area contributed by atoms with Gasteiger partial charge in [0.25, 0.3) is 5.91 Å². The predicted octanol–water partition coefficient (Wildman–Crippen LogP) is 3.73. The third kappa shape index (κ3) is 5.39. The monoisotopic (exact) mass is 401 g/mol. The van der Waals surface area contributed by atoms with E-state index >= 15 is 0 Å². The van der Waals surface area contributed by atoms with Gasteiger partial charge >= 0.3 is 5.97 Å². The van der Waals surface area contributed by atoms with Gasteiger partial charge in [0.15, 0.2) is 0 Å². The molecule has 0 unspecified atom stereocenters. The minimum atomic E-state index is -0.779. The highest BCUT2D eigenvalue weighted by Crippen LogP contribution is 2.19. The fourth-order valence-electron chi connectivity index (χ4n) is 2.01. The highest BCUT2D eigenvalue weighted by Gasteiger charge is 2.28. The van der Waals surface area contributed by atoms with Crippen LogP contribution >= 0.6 is 34.7 Å². The first-order valence-electron chi connectivity index (χ1n) is 7.62. The van der Waals surface area contributed by atoms with E-state index in [1.807, 2.05) is 13.8 Å². The topological polar surface area (TPSA) is 81.2 Å². The third-order valence-corrected chi connectivity index (χ3v) is 4.96. The van der Waals surface area contributed by atoms with Gasteiger partial charge in [0.1, 0.15) is 22.7 Å². The van der Waals surface area contributed by atoms with E-state index in [4.69, 9.17) is 27.9 Å². The quantitative estimate of drug-likeness (QED) is 0.714. The van der Waals surface area contributed by atoms with Crippen molar-refractivity contribution < 1.29 is 14.3 Å². The van der Waals surface area contributed by atoms with Crippen molar-refractivity contribution in [2.75, 3.05) is 0 Å². The number of carbonyl (C=O) groups excluding carboxylic acids is 2. The lowest BCUT2D eigenvalue weighted by molar-refractivity contribution is -0.148. The maximum absolute atomic E-state index is 12.4. The Kier molecular flexibility index (Phi) is 7.16. The molecule has 1 aromatic heterocycles. The van der Waals surface area contributed by atoms with Crippen molar-refractivity contribution in [1.82, 2.24) is 14.9 Å². The standard InChI is InChI=1S/C16H17Cl2N3O3S/c1-3-9(2)13(16(23)24-8-12-14(18)25-21-20-12)19-15(22)10-4-6-11(17)7-5-10/h4-7,9,13H,3,8H2,1-2H3,(H,19,22)/t9-,13-/m0/s1. The molecule has 1 aromatic carbocycles. The number of nitrogens with one attached hydrogen (secondary N) is 1. The van der Waals surface area contributed by atoms with Gasteiger partial charge < -0.3 is 10.1 Å². The molecule has 2 aromatic rings. The number of amides is 1. The normalized spacial score (nSPS) is 13.1. The third-order valence-electron chi connectivity index (χ3n) is 3.72. The lowest BCUT2D eigenvalue weighted by Gasteiger charge is -2.22. The summed E-state index contributed by atoms with van der Waals surface area (Å²) in [7, 11) is 0. The van der Waals surface area contributed by atoms with Crippen LogP contribution in [0, 0.1) is 5.92 Å². The molecule has 0 spiro atoms. The number of ether oxygens (including phenoxy) is 1. The average molecular weight is 402 g/mol. The second-order valence-electron chi connectivity index (χ2n) is 5.44. The van der Waals surface area contributed by atoms with E-state index in [1.54, 1.807) is 24.3 Å². The molecule has 0 aliphatic carbocycles. The SMILES string of the molecule is CC[C@H](C)[C@H](NC(=O)c1ccc(Cl)cc1)C(=O)OCc1nnsc1Cl. The number of halogens is 2. The second kappa shape index (κ2) is 9.12. The molecular formula is C16H17Cl2N3O3S. The summed E-state index contributed by atoms with van der Waals surface area (Å²) in [4.78, 5) is 24.8. The van der Waals surface area contributed by atoms with E-state index in [-0.39, 0.29) is 18.4 Å². The molecule has 134 valence electrons. The van der Waals surface area contributed by atoms with Crippen molar-refractivity contribution in [3.8, 4) is 0 Å². The molecule has 0 aliphatic heterocycles. The van der Waals surface area contributed by atoms with Crippen LogP contribution in [-0.2, 0) is 16.1 Å². The molecule has 0 aliphatic rings. The lowest BCUT2D eigenvalue weighted by Crippen LogP contribution is -2.46. The highest BCUT2D eigenvalue weighted by atomic mass is 35.5. The number of hydrogen-bond acceptors (Lipinski definition) is 6. The molecule has 0 saturated heterocycles. The molecular weight excluding hydrogens is 385 g/mol. The maximum atomic E-state index is 12.4. The van der Waals surface area contributed by atoms with Gasteiger partial charge in [0.2, 0.25) is 0 Å². The first-order valence-corrected chi connectivity index (χ1v) is 9.15. The van der Waals surface area contributed by atoms with Gasteiger partial charge in [-0.05, 0) is 30.2 Å². The smallest absolute Gasteiger partial charge is 0.329 e. The summed E-state index contributed by atoms with van der Waals surface area (Å²) in [6.07, 6.45) is 0.694. The highest BCUT2D eigenvalue weighted by molar-refractivity contribution is 7.10. The number of nitrogens with zero attached hydrogens (tertiary/aromatic N) is 2. The number of rotatable bonds is 7. The van der Waals surface area contributed by atoms with Gasteiger partial charge in [-0.1, -0.05) is 48.0 Å². The molecule has 9 heteroatoms. The van der Waals surface area contributed by atoms with Crippen LogP contribution in [0.2, 0.25) is 9.36 Å². The van der Waals surface area contributed by atoms with Crippen LogP contribution in [-0.4, -0.2) is 27.5 Å². The molecule has 1 amide bonds. The zero-order valence-corrected chi connectivity index (χ0v) is 16.0. The summed E-state index contributed by atoms with van der Waals surface area (Å²) in [5.74, 6) is -1.01. The van der Waals surface area contributed by atoms with Crippen molar-refractivity contribution in [3.05, 3.63) is 44.9 Å². The Labute approximate surface area is 159 Å². The summed E-state index contributed by atoms with van der Waals surface area (Å²) < 4.78 is 9.31. The number of hydrogen-bond donors (Lipinski definition) is 1. The Morgan fingerprint density at radius 1 is 1.28 bits per heavy atom. The average Bonchev–Trinajstić information content (AvgIpc) is 3.02. The van der Waals surface area contributed by atoms with Gasteiger partial charge in [0.05, 0.1) is 0 Å². The molecule has 2 atom stereocenters. The fourth-order valence-corrected chi connectivity index (χ4v) is 2.73. The molecule has 6 nitrogen and oxygen atoms in total. The molecule has 25 heavy (non-hydrogen) atoms. The number of carbonyl (C=O) groups is 2. The van der Waals surface area contributed by atoms with Crippen molar-refractivity contribution in [3.63, 3.8) is 0 Å². The fraction of sp³-hybridized carbons (Fsp3) is 0.375. The van der Waals surface area contributed by atoms with Crippen molar-refractivity contribution >= 4 is 46.6 Å². The zero-order chi connectivity index (χ0) is 18.4. The van der Waals surface area contributed by atoms with Gasteiger partial charge in [-0.2, -0.15) is 0 Å². The van der Waals surface area contributed by atoms with E-state index in [9.17, 15) is 9.59 Å². The van der Waals surface area contributed by atoms with Crippen molar-refractivity contribution in [2.45, 2.75) is 32.9 Å². The van der Waals surface area contributed by atoms with Crippen LogP contribution in [0.4, 0.5) is 0 Å². The van der Waals surface area contributed by atoms with E-state index in [2.05, 4.69) is 14.9 Å². The summed E-state index contributed by atoms with van der Waals surface area (Å²) >= 11 is 12.7. The largest absolute Gasteiger partial charge is 0.457 e. The van der Waals surface area contributed by atoms with Crippen LogP contribution in [0.25, 0.3) is 0 Å². The molecule has 0 bridgehead atoms. The van der Waals surface area contributed by atoms with Gasteiger partial charge in [-0.15, -0.1) is 5.10 Å². The number of benzene rings is 1. The summed E-state index contributed by atoms with van der Waals surface area (Å²) in [5.41, 5.74) is 0.809. The summed E-state index contributed by atoms with van der Waals surface area (Å²) in [6.45, 7) is 3.71. The minimum absolute atomic E-state index is 0.0854. The Balaban J connectivity index is 2.04. The second-order valence-corrected chi connectivity index (χ2v) is 7.24. The Hall–Kier alpha value is -1.70. The first-order chi connectivity index (χ1) is 11.9.